The number of benzene rings is 2. The van der Waals surface area contributed by atoms with Crippen molar-refractivity contribution < 1.29 is 51.2 Å². The predicted octanol–water partition coefficient (Wildman–Crippen LogP) is 0.893. The van der Waals surface area contributed by atoms with Gasteiger partial charge >= 0.3 is 6.03 Å². The molecule has 1 fully saturated rings. The molecular weight excluding hydrogens is 884 g/mol. The minimum atomic E-state index is -4.52. The van der Waals surface area contributed by atoms with Crippen molar-refractivity contribution in [2.24, 2.45) is 11.8 Å². The lowest BCUT2D eigenvalue weighted by atomic mass is 9.90. The molecule has 3 aromatic rings. The first-order valence-corrected chi connectivity index (χ1v) is 23.8. The Balaban J connectivity index is 1.23. The Morgan fingerprint density at radius 3 is 2.11 bits per heavy atom. The van der Waals surface area contributed by atoms with E-state index in [1.54, 1.807) is 24.5 Å². The van der Waals surface area contributed by atoms with Crippen molar-refractivity contribution in [2.75, 3.05) is 57.9 Å². The molecule has 0 bridgehead atoms. The van der Waals surface area contributed by atoms with Crippen LogP contribution < -0.4 is 31.9 Å². The fourth-order valence-corrected chi connectivity index (χ4v) is 8.29. The maximum Gasteiger partial charge on any atom is 0.319 e. The molecular formula is C42H61N10O11PS. The van der Waals surface area contributed by atoms with Crippen LogP contribution in [-0.2, 0) is 55.7 Å². The average Bonchev–Trinajstić information content (AvgIpc) is 3.73. The lowest BCUT2D eigenvalue weighted by Gasteiger charge is -2.28. The number of ether oxygens (including phenoxy) is 1. The van der Waals surface area contributed by atoms with Crippen LogP contribution >= 0.6 is 8.73 Å². The van der Waals surface area contributed by atoms with Crippen LogP contribution in [0.1, 0.15) is 58.7 Å². The number of anilines is 1. The number of amides is 6. The van der Waals surface area contributed by atoms with Gasteiger partial charge in [0, 0.05) is 33.7 Å². The first-order valence-electron chi connectivity index (χ1n) is 21.2. The Morgan fingerprint density at radius 2 is 1.46 bits per heavy atom. The van der Waals surface area contributed by atoms with Gasteiger partial charge in [-0.25, -0.2) is 9.25 Å². The van der Waals surface area contributed by atoms with E-state index in [0.717, 1.165) is 13.1 Å². The van der Waals surface area contributed by atoms with Gasteiger partial charge in [0.2, 0.25) is 23.6 Å². The summed E-state index contributed by atoms with van der Waals surface area (Å²) in [5.74, 6) is -3.53. The van der Waals surface area contributed by atoms with E-state index >= 15 is 0 Å². The Labute approximate surface area is 380 Å². The van der Waals surface area contributed by atoms with Crippen molar-refractivity contribution in [2.45, 2.75) is 82.7 Å². The fourth-order valence-electron chi connectivity index (χ4n) is 6.37. The maximum absolute atomic E-state index is 13.6. The first kappa shape index (κ1) is 52.2. The van der Waals surface area contributed by atoms with Gasteiger partial charge in [-0.05, 0) is 61.4 Å². The summed E-state index contributed by atoms with van der Waals surface area (Å²) in [6.45, 7) is 8.80. The number of nitrogens with one attached hydrogen (secondary N) is 6. The summed E-state index contributed by atoms with van der Waals surface area (Å²) >= 11 is 0. The Bertz CT molecular complexity index is 2170. The van der Waals surface area contributed by atoms with Crippen LogP contribution in [0.5, 0.6) is 0 Å². The van der Waals surface area contributed by atoms with Crippen LogP contribution in [0, 0.1) is 11.8 Å². The molecule has 0 radical (unpaired) electrons. The molecule has 4 atom stereocenters. The molecule has 0 spiro atoms. The zero-order valence-electron chi connectivity index (χ0n) is 37.3. The standard InChI is InChI=1S/C42H61N10O11PS/c1-28(2)19-34(47-37(54)23-44-40(57)35(20-29(3)4)48-36(53)22-43-38(55)25-51-15-17-62-18-16-51)39(56)42(5,59)27-63-65(60,61)33-13-11-31(12-14-33)46-41(58)45-21-32-24-52(50-49-32)64-26-30-9-7-6-8-10-30/h6-14,24,28-29,34-35,59,64H,15-23,25-27H2,1-5H3,(H,43,55)(H,44,57)(H,47,54)(H,48,53)(H2,45,46,58)/t34-,35-,42?/m0/s1. The molecule has 0 saturated carbocycles. The smallest absolute Gasteiger partial charge is 0.319 e. The van der Waals surface area contributed by atoms with Gasteiger partial charge in [0.05, 0.1) is 56.5 Å². The van der Waals surface area contributed by atoms with Gasteiger partial charge in [-0.3, -0.25) is 33.1 Å². The van der Waals surface area contributed by atoms with Crippen LogP contribution in [0.25, 0.3) is 0 Å². The third kappa shape index (κ3) is 18.6. The second-order valence-electron chi connectivity index (χ2n) is 16.5. The van der Waals surface area contributed by atoms with Gasteiger partial charge in [0.15, 0.2) is 5.78 Å². The highest BCUT2D eigenvalue weighted by Crippen LogP contribution is 2.22. The molecule has 1 aliphatic heterocycles. The van der Waals surface area contributed by atoms with Crippen molar-refractivity contribution in [3.05, 3.63) is 72.1 Å². The van der Waals surface area contributed by atoms with E-state index in [1.807, 2.05) is 49.1 Å². The second kappa shape index (κ2) is 25.4. The molecule has 65 heavy (non-hydrogen) atoms. The number of aliphatic hydroxyl groups is 1. The van der Waals surface area contributed by atoms with Crippen LogP contribution in [0.3, 0.4) is 0 Å². The van der Waals surface area contributed by atoms with Crippen LogP contribution in [0.2, 0.25) is 0 Å². The number of Topliss-reactive ketones (excluding diaryl/α,β-unsaturated/α-hetero) is 1. The molecule has 1 aromatic heterocycles. The van der Waals surface area contributed by atoms with Crippen molar-refractivity contribution in [3.8, 4) is 0 Å². The van der Waals surface area contributed by atoms with Crippen LogP contribution in [0.4, 0.5) is 10.5 Å². The number of nitrogens with zero attached hydrogens (tertiary/aromatic N) is 4. The van der Waals surface area contributed by atoms with Gasteiger partial charge in [0.1, 0.15) is 23.9 Å². The van der Waals surface area contributed by atoms with Gasteiger partial charge in [-0.1, -0.05) is 63.2 Å². The lowest BCUT2D eigenvalue weighted by molar-refractivity contribution is -0.143. The summed E-state index contributed by atoms with van der Waals surface area (Å²) in [6, 6.07) is 12.1. The number of morpholine rings is 1. The highest BCUT2D eigenvalue weighted by atomic mass is 32.2. The molecule has 356 valence electrons. The minimum Gasteiger partial charge on any atom is -0.380 e. The van der Waals surface area contributed by atoms with Gasteiger partial charge in [0.25, 0.3) is 10.1 Å². The number of ketones is 1. The Kier molecular flexibility index (Phi) is 20.4. The summed E-state index contributed by atoms with van der Waals surface area (Å²) in [6.07, 6.45) is 2.82. The fraction of sp³-hybridized carbons (Fsp3) is 0.524. The molecule has 2 heterocycles. The molecule has 23 heteroatoms. The summed E-state index contributed by atoms with van der Waals surface area (Å²) in [5, 5.41) is 34.7. The third-order valence-electron chi connectivity index (χ3n) is 9.74. The molecule has 6 amide bonds. The van der Waals surface area contributed by atoms with E-state index < -0.39 is 70.5 Å². The SMILES string of the molecule is CC(C)C[C@H](NC(=O)CNC(=O)CN1CCOCC1)C(=O)NCC(=O)N[C@@H](CC(C)C)C(=O)C(C)(O)COS(=O)(=O)c1ccc(NC(=O)NCc2cn(PCc3ccccc3)nn2)cc1. The monoisotopic (exact) mass is 944 g/mol. The summed E-state index contributed by atoms with van der Waals surface area (Å²) in [5.41, 5.74) is -0.408. The minimum absolute atomic E-state index is 0.0327. The van der Waals surface area contributed by atoms with E-state index in [4.69, 9.17) is 8.92 Å². The van der Waals surface area contributed by atoms with Crippen LogP contribution in [0.15, 0.2) is 65.7 Å². The van der Waals surface area contributed by atoms with Crippen molar-refractivity contribution >= 4 is 60.0 Å². The number of hydrogen-bond donors (Lipinski definition) is 7. The number of carbonyl (C=O) groups is 6. The van der Waals surface area contributed by atoms with Crippen molar-refractivity contribution in [3.63, 3.8) is 0 Å². The number of aromatic nitrogens is 3. The number of hydrogen-bond acceptors (Lipinski definition) is 14. The highest BCUT2D eigenvalue weighted by Gasteiger charge is 2.39. The molecule has 7 N–H and O–H groups in total. The zero-order chi connectivity index (χ0) is 47.6. The first-order chi connectivity index (χ1) is 30.8. The Morgan fingerprint density at radius 1 is 0.846 bits per heavy atom. The highest BCUT2D eigenvalue weighted by molar-refractivity contribution is 7.86. The van der Waals surface area contributed by atoms with Crippen molar-refractivity contribution in [1.82, 2.24) is 46.2 Å². The molecule has 0 aliphatic carbocycles. The summed E-state index contributed by atoms with van der Waals surface area (Å²) in [4.78, 5) is 79.0. The second-order valence-corrected chi connectivity index (χ2v) is 19.3. The van der Waals surface area contributed by atoms with E-state index in [-0.39, 0.29) is 60.8 Å². The normalized spacial score (nSPS) is 15.2. The number of rotatable bonds is 25. The molecule has 1 saturated heterocycles. The lowest BCUT2D eigenvalue weighted by Crippen LogP contribution is -2.55. The maximum atomic E-state index is 13.6. The van der Waals surface area contributed by atoms with Gasteiger partial charge < -0.3 is 41.7 Å². The quantitative estimate of drug-likeness (QED) is 0.0459. The largest absolute Gasteiger partial charge is 0.380 e. The summed E-state index contributed by atoms with van der Waals surface area (Å²) < 4.78 is 38.3. The number of carbonyl (C=O) groups excluding carboxylic acids is 6. The molecule has 1 aliphatic rings. The summed E-state index contributed by atoms with van der Waals surface area (Å²) in [7, 11) is -4.18. The van der Waals surface area contributed by atoms with E-state index in [2.05, 4.69) is 42.2 Å². The van der Waals surface area contributed by atoms with Gasteiger partial charge in [-0.15, -0.1) is 5.10 Å². The number of urea groups is 1. The Hall–Kier alpha value is -5.38. The molecule has 2 unspecified atom stereocenters. The topological polar surface area (TPSA) is 281 Å². The molecule has 2 aromatic carbocycles. The average molecular weight is 945 g/mol. The zero-order valence-corrected chi connectivity index (χ0v) is 39.1. The van der Waals surface area contributed by atoms with E-state index in [1.165, 1.54) is 29.8 Å². The predicted molar refractivity (Wildman–Crippen MR) is 241 cm³/mol. The van der Waals surface area contributed by atoms with Crippen LogP contribution in [-0.4, -0.2) is 139 Å². The van der Waals surface area contributed by atoms with Gasteiger partial charge in [-0.2, -0.15) is 8.42 Å². The van der Waals surface area contributed by atoms with E-state index in [0.29, 0.717) is 40.7 Å². The molecule has 21 nitrogen and oxygen atoms in total. The van der Waals surface area contributed by atoms with Crippen molar-refractivity contribution in [1.29, 1.82) is 0 Å². The third-order valence-corrected chi connectivity index (χ3v) is 12.1. The molecule has 4 rings (SSSR count). The van der Waals surface area contributed by atoms with E-state index in [9.17, 15) is 42.3 Å².